The molecule has 0 amide bonds. The number of carbonyl (C=O) groups is 3. The molecular weight excluding hydrogens is 398 g/mol. The maximum absolute atomic E-state index is 13.6. The maximum atomic E-state index is 13.6. The largest absolute Gasteiger partial charge is 0.500 e. The lowest BCUT2D eigenvalue weighted by Gasteiger charge is -2.53. The number of likely N-dealkylation sites (tertiary alicyclic amines) is 1. The van der Waals surface area contributed by atoms with E-state index in [0.29, 0.717) is 30.9 Å². The van der Waals surface area contributed by atoms with E-state index < -0.39 is 27.7 Å². The van der Waals surface area contributed by atoms with Crippen LogP contribution in [0.25, 0.3) is 0 Å². The Kier molecular flexibility index (Phi) is 4.45. The average molecular weight is 424 g/mol. The topological polar surface area (TPSA) is 82.1 Å². The van der Waals surface area contributed by atoms with Crippen LogP contribution in [0, 0.1) is 16.7 Å². The molecule has 4 aliphatic rings. The van der Waals surface area contributed by atoms with Crippen molar-refractivity contribution < 1.29 is 28.6 Å². The van der Waals surface area contributed by atoms with Gasteiger partial charge in [0, 0.05) is 17.9 Å². The molecular formula is C21H26ClNO6. The first-order chi connectivity index (χ1) is 13.7. The minimum absolute atomic E-state index is 0.0664. The summed E-state index contributed by atoms with van der Waals surface area (Å²) >= 11 is 7.01. The Morgan fingerprint density at radius 3 is 2.45 bits per heavy atom. The third kappa shape index (κ3) is 1.96. The molecule has 1 saturated heterocycles. The highest BCUT2D eigenvalue weighted by molar-refractivity contribution is 6.26. The second kappa shape index (κ2) is 6.32. The van der Waals surface area contributed by atoms with Gasteiger partial charge in [-0.15, -0.1) is 11.6 Å². The van der Waals surface area contributed by atoms with E-state index in [4.69, 9.17) is 25.8 Å². The molecule has 0 unspecified atom stereocenters. The van der Waals surface area contributed by atoms with Gasteiger partial charge in [0.15, 0.2) is 11.5 Å². The van der Waals surface area contributed by atoms with Crippen LogP contribution in [0.4, 0.5) is 0 Å². The standard InChI is InChI=1S/C21H26ClNO6/c1-11(24)16-13(27-3)8-15(26)21(16)14(22)10-20-18(29-5)17(28-4)12(25)9-19(20,21)6-7-23(20)2/h8,14,16H,6-7,9-10H2,1-5H3/t14-,16+,19+,20+,21+/m0/s1. The summed E-state index contributed by atoms with van der Waals surface area (Å²) in [6.07, 6.45) is 2.38. The molecule has 29 heavy (non-hydrogen) atoms. The molecule has 158 valence electrons. The zero-order chi connectivity index (χ0) is 21.4. The average Bonchev–Trinajstić information content (AvgIpc) is 3.22. The van der Waals surface area contributed by atoms with E-state index in [0.717, 1.165) is 0 Å². The predicted octanol–water partition coefficient (Wildman–Crippen LogP) is 1.84. The van der Waals surface area contributed by atoms with E-state index in [1.807, 2.05) is 7.05 Å². The van der Waals surface area contributed by atoms with Gasteiger partial charge in [0.25, 0.3) is 0 Å². The Morgan fingerprint density at radius 2 is 1.90 bits per heavy atom. The van der Waals surface area contributed by atoms with Crippen LogP contribution in [0.5, 0.6) is 0 Å². The molecule has 7 nitrogen and oxygen atoms in total. The maximum Gasteiger partial charge on any atom is 0.201 e. The summed E-state index contributed by atoms with van der Waals surface area (Å²) in [7, 11) is 6.34. The zero-order valence-electron chi connectivity index (χ0n) is 17.3. The zero-order valence-corrected chi connectivity index (χ0v) is 18.1. The van der Waals surface area contributed by atoms with Crippen LogP contribution in [0.2, 0.25) is 0 Å². The fraction of sp³-hybridized carbons (Fsp3) is 0.667. The third-order valence-electron chi connectivity index (χ3n) is 7.85. The summed E-state index contributed by atoms with van der Waals surface area (Å²) in [4.78, 5) is 41.8. The number of Topliss-reactive ketones (excluding diaryl/α,β-unsaturated/α-hetero) is 2. The van der Waals surface area contributed by atoms with E-state index in [1.165, 1.54) is 34.3 Å². The van der Waals surface area contributed by atoms with Gasteiger partial charge in [0.2, 0.25) is 11.5 Å². The fourth-order valence-electron chi connectivity index (χ4n) is 6.99. The lowest BCUT2D eigenvalue weighted by Crippen LogP contribution is -2.62. The molecule has 0 aromatic carbocycles. The molecule has 5 atom stereocenters. The molecule has 1 saturated carbocycles. The number of alkyl halides is 1. The van der Waals surface area contributed by atoms with E-state index in [1.54, 1.807) is 0 Å². The molecule has 1 spiro atoms. The number of hydrogen-bond acceptors (Lipinski definition) is 7. The van der Waals surface area contributed by atoms with E-state index >= 15 is 0 Å². The number of rotatable bonds is 4. The summed E-state index contributed by atoms with van der Waals surface area (Å²) in [5.74, 6) is -0.603. The lowest BCUT2D eigenvalue weighted by molar-refractivity contribution is -0.149. The van der Waals surface area contributed by atoms with Gasteiger partial charge in [-0.1, -0.05) is 0 Å². The second-order valence-electron chi connectivity index (χ2n) is 8.48. The van der Waals surface area contributed by atoms with Gasteiger partial charge in [-0.3, -0.25) is 19.3 Å². The van der Waals surface area contributed by atoms with Crippen molar-refractivity contribution in [3.8, 4) is 0 Å². The van der Waals surface area contributed by atoms with Crippen LogP contribution in [0.15, 0.2) is 23.4 Å². The highest BCUT2D eigenvalue weighted by atomic mass is 35.5. The number of methoxy groups -OCH3 is 3. The molecule has 3 aliphatic carbocycles. The highest BCUT2D eigenvalue weighted by Gasteiger charge is 2.84. The number of carbonyl (C=O) groups excluding carboxylic acids is 3. The summed E-state index contributed by atoms with van der Waals surface area (Å²) in [5.41, 5.74) is -2.97. The van der Waals surface area contributed by atoms with Crippen LogP contribution in [-0.2, 0) is 28.6 Å². The summed E-state index contributed by atoms with van der Waals surface area (Å²) in [5, 5.41) is -0.676. The number of nitrogens with zero attached hydrogens (tertiary/aromatic N) is 1. The van der Waals surface area contributed by atoms with Crippen molar-refractivity contribution in [2.24, 2.45) is 16.7 Å². The monoisotopic (exact) mass is 423 g/mol. The summed E-state index contributed by atoms with van der Waals surface area (Å²) in [6.45, 7) is 2.10. The molecule has 4 rings (SSSR count). The molecule has 1 aliphatic heterocycles. The van der Waals surface area contributed by atoms with Gasteiger partial charge in [-0.2, -0.15) is 0 Å². The molecule has 0 bridgehead atoms. The lowest BCUT2D eigenvalue weighted by atomic mass is 9.50. The highest BCUT2D eigenvalue weighted by Crippen LogP contribution is 2.76. The van der Waals surface area contributed by atoms with Crippen molar-refractivity contribution in [3.63, 3.8) is 0 Å². The van der Waals surface area contributed by atoms with Crippen molar-refractivity contribution in [1.29, 1.82) is 0 Å². The Morgan fingerprint density at radius 1 is 1.21 bits per heavy atom. The molecule has 1 heterocycles. The minimum atomic E-state index is -1.27. The SMILES string of the molecule is COC1=CC(=O)[C@@]2([C@@H]1C(C)=O)[C@@H](Cl)C[C@@]13C(OC)=C(OC)C(=O)C[C@@]21CCN3C. The van der Waals surface area contributed by atoms with Crippen molar-refractivity contribution >= 4 is 29.0 Å². The van der Waals surface area contributed by atoms with E-state index in [-0.39, 0.29) is 29.5 Å². The predicted molar refractivity (Wildman–Crippen MR) is 104 cm³/mol. The third-order valence-corrected chi connectivity index (χ3v) is 8.35. The molecule has 0 aromatic heterocycles. The minimum Gasteiger partial charge on any atom is -0.500 e. The Labute approximate surface area is 175 Å². The van der Waals surface area contributed by atoms with Crippen LogP contribution in [0.1, 0.15) is 26.2 Å². The van der Waals surface area contributed by atoms with Crippen LogP contribution in [0.3, 0.4) is 0 Å². The van der Waals surface area contributed by atoms with Gasteiger partial charge >= 0.3 is 0 Å². The first-order valence-electron chi connectivity index (χ1n) is 9.71. The van der Waals surface area contributed by atoms with Crippen molar-refractivity contribution in [3.05, 3.63) is 23.4 Å². The number of ether oxygens (including phenoxy) is 3. The molecule has 0 aromatic rings. The second-order valence-corrected chi connectivity index (χ2v) is 9.01. The van der Waals surface area contributed by atoms with Gasteiger partial charge in [0.05, 0.1) is 43.6 Å². The van der Waals surface area contributed by atoms with Gasteiger partial charge in [-0.05, 0) is 33.4 Å². The first kappa shape index (κ1) is 20.4. The van der Waals surface area contributed by atoms with Gasteiger partial charge in [-0.25, -0.2) is 0 Å². The number of ketones is 3. The number of allylic oxidation sites excluding steroid dienone is 3. The van der Waals surface area contributed by atoms with Crippen LogP contribution < -0.4 is 0 Å². The van der Waals surface area contributed by atoms with Crippen molar-refractivity contribution in [2.75, 3.05) is 34.9 Å². The van der Waals surface area contributed by atoms with Crippen molar-refractivity contribution in [1.82, 2.24) is 4.90 Å². The van der Waals surface area contributed by atoms with E-state index in [9.17, 15) is 14.4 Å². The molecule has 2 fully saturated rings. The summed E-state index contributed by atoms with van der Waals surface area (Å²) in [6, 6.07) is 0. The Hall–Kier alpha value is -1.86. The molecule has 8 heteroatoms. The number of hydrogen-bond donors (Lipinski definition) is 0. The van der Waals surface area contributed by atoms with Gasteiger partial charge < -0.3 is 14.2 Å². The van der Waals surface area contributed by atoms with Gasteiger partial charge in [0.1, 0.15) is 11.5 Å². The first-order valence-corrected chi connectivity index (χ1v) is 10.1. The normalized spacial score (nSPS) is 41.5. The molecule has 0 N–H and O–H groups in total. The summed E-state index contributed by atoms with van der Waals surface area (Å²) < 4.78 is 16.7. The van der Waals surface area contributed by atoms with Crippen LogP contribution in [-0.4, -0.2) is 68.1 Å². The Balaban J connectivity index is 2.07. The number of halogens is 1. The fourth-order valence-corrected chi connectivity index (χ4v) is 7.65. The van der Waals surface area contributed by atoms with E-state index in [2.05, 4.69) is 4.90 Å². The molecule has 0 radical (unpaired) electrons. The van der Waals surface area contributed by atoms with Crippen LogP contribution >= 0.6 is 11.6 Å². The quantitative estimate of drug-likeness (QED) is 0.638. The smallest absolute Gasteiger partial charge is 0.201 e. The Bertz CT molecular complexity index is 880. The van der Waals surface area contributed by atoms with Crippen molar-refractivity contribution in [2.45, 2.75) is 37.1 Å². The number of likely N-dealkylation sites (N-methyl/N-ethyl adjacent to an activating group) is 1.